The van der Waals surface area contributed by atoms with E-state index in [2.05, 4.69) is 83.6 Å². The Bertz CT molecular complexity index is 720. The van der Waals surface area contributed by atoms with Crippen LogP contribution >= 0.6 is 0 Å². The molecule has 0 saturated carbocycles. The van der Waals surface area contributed by atoms with Crippen molar-refractivity contribution in [2.24, 2.45) is 9.98 Å². The van der Waals surface area contributed by atoms with Crippen molar-refractivity contribution in [1.82, 2.24) is 4.90 Å². The molecule has 2 aromatic carbocycles. The van der Waals surface area contributed by atoms with E-state index >= 15 is 0 Å². The van der Waals surface area contributed by atoms with Gasteiger partial charge in [0.1, 0.15) is 0 Å². The molecule has 0 aliphatic rings. The predicted molar refractivity (Wildman–Crippen MR) is 109 cm³/mol. The Morgan fingerprint density at radius 3 is 2.52 bits per heavy atom. The fourth-order valence-corrected chi connectivity index (χ4v) is 2.57. The van der Waals surface area contributed by atoms with Crippen LogP contribution < -0.4 is 5.32 Å². The molecular weight excluding hydrogens is 308 g/mol. The predicted octanol–water partition coefficient (Wildman–Crippen LogP) is 4.60. The van der Waals surface area contributed by atoms with E-state index in [0.717, 1.165) is 30.9 Å². The molecule has 25 heavy (non-hydrogen) atoms. The van der Waals surface area contributed by atoms with Crippen LogP contribution in [0, 0.1) is 13.8 Å². The summed E-state index contributed by atoms with van der Waals surface area (Å²) in [6.07, 6.45) is 4.61. The molecule has 0 heterocycles. The lowest BCUT2D eigenvalue weighted by Gasteiger charge is -2.15. The number of hydrogen-bond donors (Lipinski definition) is 1. The molecule has 0 aliphatic heterocycles. The summed E-state index contributed by atoms with van der Waals surface area (Å²) in [5.41, 5.74) is 5.76. The summed E-state index contributed by atoms with van der Waals surface area (Å²) in [6, 6.07) is 14.8. The first-order valence-electron chi connectivity index (χ1n) is 8.63. The molecule has 0 unspecified atom stereocenters. The molecule has 0 spiro atoms. The molecule has 4 heteroatoms. The summed E-state index contributed by atoms with van der Waals surface area (Å²) in [7, 11) is 3.89. The maximum atomic E-state index is 4.66. The minimum atomic E-state index is 0.914. The molecule has 2 rings (SSSR count). The van der Waals surface area contributed by atoms with E-state index in [9.17, 15) is 0 Å². The first kappa shape index (κ1) is 18.9. The second-order valence-electron chi connectivity index (χ2n) is 6.31. The summed E-state index contributed by atoms with van der Waals surface area (Å²) >= 11 is 0. The largest absolute Gasteiger partial charge is 0.345 e. The van der Waals surface area contributed by atoms with E-state index in [1.54, 1.807) is 13.4 Å². The lowest BCUT2D eigenvalue weighted by atomic mass is 10.1. The van der Waals surface area contributed by atoms with Crippen molar-refractivity contribution in [3.8, 4) is 0 Å². The fraction of sp³-hybridized carbons (Fsp3) is 0.333. The summed E-state index contributed by atoms with van der Waals surface area (Å²) in [4.78, 5) is 11.0. The van der Waals surface area contributed by atoms with E-state index < -0.39 is 0 Å². The third-order valence-corrected chi connectivity index (χ3v) is 4.13. The van der Waals surface area contributed by atoms with Crippen LogP contribution in [0.2, 0.25) is 0 Å². The van der Waals surface area contributed by atoms with Gasteiger partial charge in [-0.3, -0.25) is 9.98 Å². The molecule has 132 valence electrons. The van der Waals surface area contributed by atoms with Gasteiger partial charge in [-0.15, -0.1) is 0 Å². The van der Waals surface area contributed by atoms with Crippen LogP contribution in [0.25, 0.3) is 0 Å². The zero-order valence-electron chi connectivity index (χ0n) is 15.7. The average Bonchev–Trinajstić information content (AvgIpc) is 2.61. The Kier molecular flexibility index (Phi) is 7.36. The van der Waals surface area contributed by atoms with Crippen LogP contribution in [0.15, 0.2) is 52.4 Å². The van der Waals surface area contributed by atoms with Crippen molar-refractivity contribution < 1.29 is 0 Å². The molecule has 0 aromatic heterocycles. The third kappa shape index (κ3) is 6.16. The number of nitrogens with one attached hydrogen (secondary N) is 1. The quantitative estimate of drug-likeness (QED) is 0.565. The van der Waals surface area contributed by atoms with Gasteiger partial charge in [-0.25, -0.2) is 0 Å². The van der Waals surface area contributed by atoms with Crippen molar-refractivity contribution in [1.29, 1.82) is 0 Å². The highest BCUT2D eigenvalue weighted by Crippen LogP contribution is 2.28. The van der Waals surface area contributed by atoms with Gasteiger partial charge in [-0.1, -0.05) is 30.3 Å². The number of aryl methyl sites for hydroxylation is 2. The third-order valence-electron chi connectivity index (χ3n) is 4.13. The topological polar surface area (TPSA) is 40.0 Å². The Balaban J connectivity index is 1.93. The highest BCUT2D eigenvalue weighted by atomic mass is 15.1. The number of nitrogens with zero attached hydrogens (tertiary/aromatic N) is 3. The summed E-state index contributed by atoms with van der Waals surface area (Å²) < 4.78 is 0. The number of anilines is 1. The smallest absolute Gasteiger partial charge is 0.0864 e. The SMILES string of the molecule is CN=CNc1cc(C)c(C)cc1N=CCCN(C)Cc1ccccc1. The van der Waals surface area contributed by atoms with Crippen molar-refractivity contribution in [2.45, 2.75) is 26.8 Å². The number of benzene rings is 2. The van der Waals surface area contributed by atoms with E-state index in [1.807, 2.05) is 6.21 Å². The van der Waals surface area contributed by atoms with Crippen LogP contribution in [0.4, 0.5) is 11.4 Å². The van der Waals surface area contributed by atoms with E-state index in [-0.39, 0.29) is 0 Å². The van der Waals surface area contributed by atoms with Gasteiger partial charge in [0, 0.05) is 26.4 Å². The molecule has 0 amide bonds. The summed E-state index contributed by atoms with van der Waals surface area (Å²) in [5.74, 6) is 0. The van der Waals surface area contributed by atoms with Gasteiger partial charge in [-0.2, -0.15) is 0 Å². The Morgan fingerprint density at radius 1 is 1.08 bits per heavy atom. The number of aliphatic imine (C=N–C) groups is 2. The van der Waals surface area contributed by atoms with Crippen LogP contribution in [-0.2, 0) is 6.54 Å². The van der Waals surface area contributed by atoms with Crippen LogP contribution in [-0.4, -0.2) is 38.1 Å². The van der Waals surface area contributed by atoms with Gasteiger partial charge in [0.05, 0.1) is 17.7 Å². The van der Waals surface area contributed by atoms with Gasteiger partial charge >= 0.3 is 0 Å². The molecule has 0 fully saturated rings. The molecule has 0 atom stereocenters. The molecule has 0 bridgehead atoms. The van der Waals surface area contributed by atoms with Crippen molar-refractivity contribution in [3.05, 3.63) is 59.2 Å². The van der Waals surface area contributed by atoms with Gasteiger partial charge in [0.15, 0.2) is 0 Å². The standard InChI is InChI=1S/C21H28N4/c1-17-13-20(21(14-18(17)2)24-16-22-3)23-11-8-12-25(4)15-19-9-6-5-7-10-19/h5-7,9-11,13-14,16H,8,12,15H2,1-4H3,(H,22,24). The molecule has 0 saturated heterocycles. The average molecular weight is 336 g/mol. The van der Waals surface area contributed by atoms with Crippen LogP contribution in [0.1, 0.15) is 23.1 Å². The highest BCUT2D eigenvalue weighted by Gasteiger charge is 2.03. The normalized spacial score (nSPS) is 11.7. The molecular formula is C21H28N4. The molecule has 0 radical (unpaired) electrons. The van der Waals surface area contributed by atoms with Gasteiger partial charge in [-0.05, 0) is 56.1 Å². The lowest BCUT2D eigenvalue weighted by Crippen LogP contribution is -2.19. The molecule has 2 aromatic rings. The first-order valence-corrected chi connectivity index (χ1v) is 8.63. The second-order valence-corrected chi connectivity index (χ2v) is 6.31. The monoisotopic (exact) mass is 336 g/mol. The van der Waals surface area contributed by atoms with Crippen molar-refractivity contribution in [3.63, 3.8) is 0 Å². The van der Waals surface area contributed by atoms with E-state index in [0.29, 0.717) is 0 Å². The van der Waals surface area contributed by atoms with Crippen molar-refractivity contribution in [2.75, 3.05) is 26.0 Å². The summed E-state index contributed by atoms with van der Waals surface area (Å²) in [5, 5.41) is 3.20. The van der Waals surface area contributed by atoms with Gasteiger partial charge in [0.25, 0.3) is 0 Å². The zero-order chi connectivity index (χ0) is 18.1. The Morgan fingerprint density at radius 2 is 1.80 bits per heavy atom. The molecule has 0 aliphatic carbocycles. The minimum absolute atomic E-state index is 0.914. The van der Waals surface area contributed by atoms with Crippen LogP contribution in [0.3, 0.4) is 0 Å². The lowest BCUT2D eigenvalue weighted by molar-refractivity contribution is 0.338. The van der Waals surface area contributed by atoms with Gasteiger partial charge in [0.2, 0.25) is 0 Å². The molecule has 1 N–H and O–H groups in total. The highest BCUT2D eigenvalue weighted by molar-refractivity contribution is 5.84. The van der Waals surface area contributed by atoms with E-state index in [1.165, 1.54) is 16.7 Å². The number of rotatable bonds is 8. The molecule has 4 nitrogen and oxygen atoms in total. The maximum absolute atomic E-state index is 4.66. The number of hydrogen-bond acceptors (Lipinski definition) is 3. The minimum Gasteiger partial charge on any atom is -0.345 e. The van der Waals surface area contributed by atoms with Gasteiger partial charge < -0.3 is 10.2 Å². The summed E-state index contributed by atoms with van der Waals surface area (Å²) in [6.45, 7) is 6.15. The Labute approximate surface area is 151 Å². The van der Waals surface area contributed by atoms with Crippen LogP contribution in [0.5, 0.6) is 0 Å². The van der Waals surface area contributed by atoms with Crippen molar-refractivity contribution >= 4 is 23.9 Å². The van der Waals surface area contributed by atoms with E-state index in [4.69, 9.17) is 0 Å². The Hall–Kier alpha value is -2.46. The first-order chi connectivity index (χ1) is 12.1. The zero-order valence-corrected chi connectivity index (χ0v) is 15.7. The maximum Gasteiger partial charge on any atom is 0.0864 e. The fourth-order valence-electron chi connectivity index (χ4n) is 2.57. The second kappa shape index (κ2) is 9.74.